The Morgan fingerprint density at radius 2 is 2.08 bits per heavy atom. The zero-order valence-electron chi connectivity index (χ0n) is 12.5. The molecule has 0 radical (unpaired) electrons. The molecule has 2 amide bonds. The number of carbonyl (C=O) groups excluding carboxylic acids is 1. The minimum Gasteiger partial charge on any atom is -0.320 e. The lowest BCUT2D eigenvalue weighted by Gasteiger charge is -2.39. The van der Waals surface area contributed by atoms with Gasteiger partial charge in [-0.1, -0.05) is 11.6 Å². The molecule has 1 saturated heterocycles. The first kappa shape index (κ1) is 16.6. The summed E-state index contributed by atoms with van der Waals surface area (Å²) in [4.78, 5) is 13.5. The van der Waals surface area contributed by atoms with Gasteiger partial charge in [0.25, 0.3) is 0 Å². The summed E-state index contributed by atoms with van der Waals surface area (Å²) in [6, 6.07) is 2.66. The first-order valence-corrected chi connectivity index (χ1v) is 7.42. The van der Waals surface area contributed by atoms with Crippen LogP contribution in [0, 0.1) is 6.92 Å². The van der Waals surface area contributed by atoms with Crippen molar-refractivity contribution in [3.05, 3.63) is 40.9 Å². The summed E-state index contributed by atoms with van der Waals surface area (Å²) < 4.78 is 40.9. The highest BCUT2D eigenvalue weighted by molar-refractivity contribution is 6.30. The van der Waals surface area contributed by atoms with Gasteiger partial charge in [-0.15, -0.1) is 10.2 Å². The molecule has 1 aliphatic heterocycles. The molecule has 0 unspecified atom stereocenters. The Morgan fingerprint density at radius 1 is 1.38 bits per heavy atom. The number of likely N-dealkylation sites (tertiary alicyclic amines) is 1. The number of amides is 2. The van der Waals surface area contributed by atoms with Gasteiger partial charge >= 0.3 is 12.2 Å². The van der Waals surface area contributed by atoms with E-state index in [9.17, 15) is 18.0 Å². The molecule has 0 saturated carbocycles. The van der Waals surface area contributed by atoms with Crippen LogP contribution in [0.15, 0.2) is 24.5 Å². The van der Waals surface area contributed by atoms with E-state index in [0.29, 0.717) is 13.1 Å². The zero-order chi connectivity index (χ0) is 17.5. The van der Waals surface area contributed by atoms with Crippen LogP contribution in [-0.4, -0.2) is 38.8 Å². The van der Waals surface area contributed by atoms with Crippen molar-refractivity contribution < 1.29 is 18.0 Å². The number of aromatic nitrogens is 3. The maximum atomic E-state index is 13.0. The zero-order valence-corrected chi connectivity index (χ0v) is 13.3. The smallest absolute Gasteiger partial charge is 0.320 e. The Kier molecular flexibility index (Phi) is 4.12. The van der Waals surface area contributed by atoms with Crippen LogP contribution in [0.2, 0.25) is 5.02 Å². The second kappa shape index (κ2) is 5.97. The van der Waals surface area contributed by atoms with Crippen LogP contribution in [0.4, 0.5) is 23.7 Å². The summed E-state index contributed by atoms with van der Waals surface area (Å²) in [6.45, 7) is 2.54. The van der Waals surface area contributed by atoms with Gasteiger partial charge in [-0.2, -0.15) is 13.2 Å². The van der Waals surface area contributed by atoms with Gasteiger partial charge in [0, 0.05) is 18.1 Å². The fourth-order valence-electron chi connectivity index (χ4n) is 2.51. The summed E-state index contributed by atoms with van der Waals surface area (Å²) in [5, 5.41) is 9.87. The summed E-state index contributed by atoms with van der Waals surface area (Å²) in [5.41, 5.74) is -1.30. The molecule has 0 aliphatic carbocycles. The van der Waals surface area contributed by atoms with Crippen LogP contribution in [0.25, 0.3) is 0 Å². The van der Waals surface area contributed by atoms with E-state index in [-0.39, 0.29) is 16.8 Å². The number of anilines is 1. The van der Waals surface area contributed by atoms with E-state index in [1.165, 1.54) is 11.0 Å². The van der Waals surface area contributed by atoms with E-state index in [2.05, 4.69) is 15.5 Å². The largest absolute Gasteiger partial charge is 0.418 e. The van der Waals surface area contributed by atoms with E-state index in [0.717, 1.165) is 18.0 Å². The molecule has 3 rings (SSSR count). The summed E-state index contributed by atoms with van der Waals surface area (Å²) in [7, 11) is 0. The van der Waals surface area contributed by atoms with E-state index >= 15 is 0 Å². The van der Waals surface area contributed by atoms with Crippen molar-refractivity contribution in [3.63, 3.8) is 0 Å². The molecule has 0 atom stereocenters. The third-order valence-corrected chi connectivity index (χ3v) is 4.06. The van der Waals surface area contributed by atoms with Crippen LogP contribution in [0.3, 0.4) is 0 Å². The molecular formula is C14H13ClF3N5O. The SMILES string of the molecule is Cc1nncn1C1CN(C(=O)Nc2ccc(Cl)cc2C(F)(F)F)C1. The number of urea groups is 1. The molecular weight excluding hydrogens is 347 g/mol. The van der Waals surface area contributed by atoms with Crippen LogP contribution < -0.4 is 5.32 Å². The Bertz CT molecular complexity index is 770. The number of nitrogens with zero attached hydrogens (tertiary/aromatic N) is 4. The Hall–Kier alpha value is -2.29. The van der Waals surface area contributed by atoms with Crippen LogP contribution in [-0.2, 0) is 6.18 Å². The molecule has 128 valence electrons. The minimum absolute atomic E-state index is 0.0260. The summed E-state index contributed by atoms with van der Waals surface area (Å²) in [6.07, 6.45) is -3.04. The number of hydrogen-bond donors (Lipinski definition) is 1. The van der Waals surface area contributed by atoms with Crippen molar-refractivity contribution in [3.8, 4) is 0 Å². The average molecular weight is 360 g/mol. The minimum atomic E-state index is -4.61. The Balaban J connectivity index is 1.68. The number of rotatable bonds is 2. The van der Waals surface area contributed by atoms with Crippen molar-refractivity contribution in [1.29, 1.82) is 0 Å². The number of benzene rings is 1. The fraction of sp³-hybridized carbons (Fsp3) is 0.357. The van der Waals surface area contributed by atoms with Crippen molar-refractivity contribution in [2.45, 2.75) is 19.1 Å². The third kappa shape index (κ3) is 3.16. The molecule has 10 heteroatoms. The summed E-state index contributed by atoms with van der Waals surface area (Å²) >= 11 is 5.61. The molecule has 2 heterocycles. The van der Waals surface area contributed by atoms with E-state index in [1.54, 1.807) is 13.3 Å². The third-order valence-electron chi connectivity index (χ3n) is 3.82. The van der Waals surface area contributed by atoms with Crippen molar-refractivity contribution in [1.82, 2.24) is 19.7 Å². The Labute approximate surface area is 140 Å². The number of nitrogens with one attached hydrogen (secondary N) is 1. The normalized spacial score (nSPS) is 15.3. The number of carbonyl (C=O) groups is 1. The van der Waals surface area contributed by atoms with E-state index in [1.807, 2.05) is 4.57 Å². The maximum absolute atomic E-state index is 13.0. The quantitative estimate of drug-likeness (QED) is 0.894. The van der Waals surface area contributed by atoms with Crippen molar-refractivity contribution in [2.24, 2.45) is 0 Å². The average Bonchev–Trinajstić information content (AvgIpc) is 2.84. The molecule has 1 N–H and O–H groups in total. The van der Waals surface area contributed by atoms with Crippen molar-refractivity contribution >= 4 is 23.3 Å². The molecule has 6 nitrogen and oxygen atoms in total. The lowest BCUT2D eigenvalue weighted by Crippen LogP contribution is -2.52. The Morgan fingerprint density at radius 3 is 2.67 bits per heavy atom. The number of halogens is 4. The number of alkyl halides is 3. The molecule has 1 fully saturated rings. The summed E-state index contributed by atoms with van der Waals surface area (Å²) in [5.74, 6) is 0.720. The highest BCUT2D eigenvalue weighted by Crippen LogP contribution is 2.37. The van der Waals surface area contributed by atoms with Gasteiger partial charge in [0.05, 0.1) is 17.3 Å². The standard InChI is InChI=1S/C14H13ClF3N5O/c1-8-21-19-7-23(8)10-5-22(6-10)13(24)20-12-3-2-9(15)4-11(12)14(16,17)18/h2-4,7,10H,5-6H2,1H3,(H,20,24). The lowest BCUT2D eigenvalue weighted by molar-refractivity contribution is -0.136. The van der Waals surface area contributed by atoms with Gasteiger partial charge in [0.1, 0.15) is 12.2 Å². The fourth-order valence-corrected chi connectivity index (χ4v) is 2.68. The van der Waals surface area contributed by atoms with Gasteiger partial charge in [-0.05, 0) is 25.1 Å². The van der Waals surface area contributed by atoms with Gasteiger partial charge in [0.2, 0.25) is 0 Å². The first-order chi connectivity index (χ1) is 11.3. The van der Waals surface area contributed by atoms with Gasteiger partial charge in [-0.3, -0.25) is 0 Å². The molecule has 2 aromatic rings. The molecule has 24 heavy (non-hydrogen) atoms. The topological polar surface area (TPSA) is 63.1 Å². The maximum Gasteiger partial charge on any atom is 0.418 e. The second-order valence-electron chi connectivity index (χ2n) is 5.46. The van der Waals surface area contributed by atoms with Crippen LogP contribution >= 0.6 is 11.6 Å². The lowest BCUT2D eigenvalue weighted by atomic mass is 10.1. The van der Waals surface area contributed by atoms with Crippen molar-refractivity contribution in [2.75, 3.05) is 18.4 Å². The monoisotopic (exact) mass is 359 g/mol. The molecule has 1 aromatic carbocycles. The number of aryl methyl sites for hydroxylation is 1. The van der Waals surface area contributed by atoms with E-state index < -0.39 is 17.8 Å². The second-order valence-corrected chi connectivity index (χ2v) is 5.90. The predicted molar refractivity (Wildman–Crippen MR) is 80.8 cm³/mol. The highest BCUT2D eigenvalue weighted by Gasteiger charge is 2.36. The van der Waals surface area contributed by atoms with Gasteiger partial charge < -0.3 is 14.8 Å². The number of hydrogen-bond acceptors (Lipinski definition) is 3. The molecule has 1 aromatic heterocycles. The molecule has 0 spiro atoms. The molecule has 1 aliphatic rings. The predicted octanol–water partition coefficient (Wildman–Crippen LogP) is 3.35. The van der Waals surface area contributed by atoms with Gasteiger partial charge in [-0.25, -0.2) is 4.79 Å². The van der Waals surface area contributed by atoms with Crippen LogP contribution in [0.5, 0.6) is 0 Å². The van der Waals surface area contributed by atoms with E-state index in [4.69, 9.17) is 11.6 Å². The highest BCUT2D eigenvalue weighted by atomic mass is 35.5. The first-order valence-electron chi connectivity index (χ1n) is 7.04. The van der Waals surface area contributed by atoms with Crippen LogP contribution in [0.1, 0.15) is 17.4 Å². The molecule has 0 bridgehead atoms. The van der Waals surface area contributed by atoms with Gasteiger partial charge in [0.15, 0.2) is 0 Å².